The molecule has 0 atom stereocenters. The average molecular weight is 444 g/mol. The molecule has 33 heavy (non-hydrogen) atoms. The van der Waals surface area contributed by atoms with Crippen molar-refractivity contribution in [2.75, 3.05) is 13.7 Å². The molecule has 0 saturated heterocycles. The van der Waals surface area contributed by atoms with Crippen molar-refractivity contribution < 1.29 is 24.2 Å². The number of aromatic amines is 1. The SMILES string of the molecule is COc1ccc2ccccc2c1-c1cc(C(=O)NN=Cc2ccccc2OCC(=O)O)[nH]n1. The summed E-state index contributed by atoms with van der Waals surface area (Å²) in [6.45, 7) is -0.480. The predicted molar refractivity (Wildman–Crippen MR) is 123 cm³/mol. The molecule has 1 amide bonds. The highest BCUT2D eigenvalue weighted by Crippen LogP contribution is 2.36. The molecule has 1 heterocycles. The quantitative estimate of drug-likeness (QED) is 0.282. The van der Waals surface area contributed by atoms with Crippen LogP contribution in [-0.4, -0.2) is 47.1 Å². The second-order valence-corrected chi connectivity index (χ2v) is 6.95. The Labute approximate surface area is 188 Å². The Bertz CT molecular complexity index is 1350. The van der Waals surface area contributed by atoms with E-state index in [1.165, 1.54) is 6.21 Å². The van der Waals surface area contributed by atoms with Gasteiger partial charge in [-0.25, -0.2) is 10.2 Å². The first-order valence-electron chi connectivity index (χ1n) is 9.95. The van der Waals surface area contributed by atoms with Crippen molar-refractivity contribution in [1.29, 1.82) is 0 Å². The van der Waals surface area contributed by atoms with Gasteiger partial charge in [0.2, 0.25) is 0 Å². The number of rotatable bonds is 8. The van der Waals surface area contributed by atoms with Gasteiger partial charge >= 0.3 is 5.97 Å². The van der Waals surface area contributed by atoms with Gasteiger partial charge in [0.15, 0.2) is 6.61 Å². The summed E-state index contributed by atoms with van der Waals surface area (Å²) in [5.74, 6) is -0.603. The van der Waals surface area contributed by atoms with E-state index in [4.69, 9.17) is 14.6 Å². The maximum atomic E-state index is 12.6. The van der Waals surface area contributed by atoms with Crippen LogP contribution in [-0.2, 0) is 4.79 Å². The number of carboxylic acid groups (broad SMARTS) is 1. The van der Waals surface area contributed by atoms with Gasteiger partial charge in [0.05, 0.1) is 24.6 Å². The van der Waals surface area contributed by atoms with Crippen molar-refractivity contribution >= 4 is 28.9 Å². The van der Waals surface area contributed by atoms with Gasteiger partial charge in [0.25, 0.3) is 5.91 Å². The number of aliphatic carboxylic acids is 1. The van der Waals surface area contributed by atoms with E-state index in [1.54, 1.807) is 37.4 Å². The number of ether oxygens (including phenoxy) is 2. The number of para-hydroxylation sites is 1. The molecule has 0 aliphatic carbocycles. The van der Waals surface area contributed by atoms with E-state index in [0.29, 0.717) is 22.8 Å². The molecule has 4 aromatic rings. The number of nitrogens with one attached hydrogen (secondary N) is 2. The monoisotopic (exact) mass is 444 g/mol. The number of carbonyl (C=O) groups excluding carboxylic acids is 1. The number of nitrogens with zero attached hydrogens (tertiary/aromatic N) is 2. The van der Waals surface area contributed by atoms with Gasteiger partial charge in [-0.1, -0.05) is 42.5 Å². The smallest absolute Gasteiger partial charge is 0.341 e. The molecule has 0 fully saturated rings. The van der Waals surface area contributed by atoms with Crippen LogP contribution in [0.2, 0.25) is 0 Å². The standard InChI is InChI=1S/C24H20N4O5/c1-32-21-11-10-15-6-2-4-8-17(15)23(21)18-12-19(27-26-18)24(31)28-25-13-16-7-3-5-9-20(16)33-14-22(29)30/h2-13H,14H2,1H3,(H,26,27)(H,28,31)(H,29,30). The van der Waals surface area contributed by atoms with E-state index in [9.17, 15) is 9.59 Å². The number of hydrogen-bond acceptors (Lipinski definition) is 6. The largest absolute Gasteiger partial charge is 0.496 e. The number of hydrazone groups is 1. The van der Waals surface area contributed by atoms with Crippen LogP contribution in [0.4, 0.5) is 0 Å². The Balaban J connectivity index is 1.52. The molecule has 4 rings (SSSR count). The van der Waals surface area contributed by atoms with Crippen molar-refractivity contribution in [3.8, 4) is 22.8 Å². The maximum Gasteiger partial charge on any atom is 0.341 e. The lowest BCUT2D eigenvalue weighted by Crippen LogP contribution is -2.18. The minimum Gasteiger partial charge on any atom is -0.496 e. The molecule has 166 valence electrons. The summed E-state index contributed by atoms with van der Waals surface area (Å²) < 4.78 is 10.7. The van der Waals surface area contributed by atoms with Crippen molar-refractivity contribution in [1.82, 2.24) is 15.6 Å². The summed E-state index contributed by atoms with van der Waals surface area (Å²) >= 11 is 0. The molecule has 0 spiro atoms. The summed E-state index contributed by atoms with van der Waals surface area (Å²) in [5.41, 5.74) is 4.50. The van der Waals surface area contributed by atoms with Gasteiger partial charge < -0.3 is 14.6 Å². The third-order valence-corrected chi connectivity index (χ3v) is 4.83. The Kier molecular flexibility index (Phi) is 6.31. The lowest BCUT2D eigenvalue weighted by atomic mass is 10.0. The highest BCUT2D eigenvalue weighted by Gasteiger charge is 2.16. The number of fused-ring (bicyclic) bond motifs is 1. The molecule has 3 aromatic carbocycles. The minimum absolute atomic E-state index is 0.215. The van der Waals surface area contributed by atoms with E-state index < -0.39 is 18.5 Å². The Morgan fingerprint density at radius 2 is 1.88 bits per heavy atom. The van der Waals surface area contributed by atoms with Crippen molar-refractivity contribution in [3.05, 3.63) is 78.0 Å². The number of aromatic nitrogens is 2. The molecule has 0 bridgehead atoms. The van der Waals surface area contributed by atoms with Crippen LogP contribution in [0.3, 0.4) is 0 Å². The second kappa shape index (κ2) is 9.65. The number of H-pyrrole nitrogens is 1. The molecule has 0 unspecified atom stereocenters. The molecule has 0 radical (unpaired) electrons. The molecule has 3 N–H and O–H groups in total. The number of amides is 1. The Morgan fingerprint density at radius 1 is 1.09 bits per heavy atom. The van der Waals surface area contributed by atoms with Crippen LogP contribution in [0.25, 0.3) is 22.0 Å². The average Bonchev–Trinajstić information content (AvgIpc) is 3.32. The number of hydrogen-bond donors (Lipinski definition) is 3. The normalized spacial score (nSPS) is 10.9. The number of benzene rings is 3. The van der Waals surface area contributed by atoms with Gasteiger partial charge in [0.1, 0.15) is 17.2 Å². The summed E-state index contributed by atoms with van der Waals surface area (Å²) in [6, 6.07) is 20.0. The Hall–Kier alpha value is -4.66. The fraction of sp³-hybridized carbons (Fsp3) is 0.0833. The summed E-state index contributed by atoms with van der Waals surface area (Å²) in [7, 11) is 1.58. The van der Waals surface area contributed by atoms with Crippen LogP contribution in [0.15, 0.2) is 71.8 Å². The first kappa shape index (κ1) is 21.6. The van der Waals surface area contributed by atoms with Crippen LogP contribution in [0.5, 0.6) is 11.5 Å². The van der Waals surface area contributed by atoms with Crippen LogP contribution < -0.4 is 14.9 Å². The van der Waals surface area contributed by atoms with Gasteiger partial charge in [-0.05, 0) is 35.0 Å². The zero-order valence-corrected chi connectivity index (χ0v) is 17.6. The lowest BCUT2D eigenvalue weighted by molar-refractivity contribution is -0.139. The molecule has 9 nitrogen and oxygen atoms in total. The Morgan fingerprint density at radius 3 is 2.70 bits per heavy atom. The van der Waals surface area contributed by atoms with Crippen molar-refractivity contribution in [2.45, 2.75) is 0 Å². The zero-order chi connectivity index (χ0) is 23.2. The first-order valence-corrected chi connectivity index (χ1v) is 9.95. The van der Waals surface area contributed by atoms with Gasteiger partial charge in [-0.3, -0.25) is 9.89 Å². The number of carbonyl (C=O) groups is 2. The van der Waals surface area contributed by atoms with Gasteiger partial charge in [-0.2, -0.15) is 10.2 Å². The first-order chi connectivity index (χ1) is 16.1. The van der Waals surface area contributed by atoms with Gasteiger partial charge in [-0.15, -0.1) is 0 Å². The molecule has 0 aliphatic heterocycles. The summed E-state index contributed by atoms with van der Waals surface area (Å²) in [5, 5.41) is 21.7. The number of methoxy groups -OCH3 is 1. The fourth-order valence-electron chi connectivity index (χ4n) is 3.33. The van der Waals surface area contributed by atoms with E-state index in [0.717, 1.165) is 16.3 Å². The van der Waals surface area contributed by atoms with Gasteiger partial charge in [0, 0.05) is 5.56 Å². The van der Waals surface area contributed by atoms with Crippen LogP contribution in [0, 0.1) is 0 Å². The second-order valence-electron chi connectivity index (χ2n) is 6.95. The highest BCUT2D eigenvalue weighted by molar-refractivity contribution is 6.00. The van der Waals surface area contributed by atoms with E-state index >= 15 is 0 Å². The lowest BCUT2D eigenvalue weighted by Gasteiger charge is -2.09. The van der Waals surface area contributed by atoms with E-state index in [1.807, 2.05) is 36.4 Å². The third kappa shape index (κ3) is 4.82. The topological polar surface area (TPSA) is 126 Å². The molecule has 9 heteroatoms. The molecular formula is C24H20N4O5. The minimum atomic E-state index is -1.09. The summed E-state index contributed by atoms with van der Waals surface area (Å²) in [6.07, 6.45) is 1.38. The van der Waals surface area contributed by atoms with Crippen molar-refractivity contribution in [3.63, 3.8) is 0 Å². The summed E-state index contributed by atoms with van der Waals surface area (Å²) in [4.78, 5) is 23.3. The molecule has 0 saturated carbocycles. The fourth-order valence-corrected chi connectivity index (χ4v) is 3.33. The number of carboxylic acids is 1. The zero-order valence-electron chi connectivity index (χ0n) is 17.6. The maximum absolute atomic E-state index is 12.6. The molecule has 0 aliphatic rings. The van der Waals surface area contributed by atoms with Crippen molar-refractivity contribution in [2.24, 2.45) is 5.10 Å². The predicted octanol–water partition coefficient (Wildman–Crippen LogP) is 3.47. The third-order valence-electron chi connectivity index (χ3n) is 4.83. The molecule has 1 aromatic heterocycles. The highest BCUT2D eigenvalue weighted by atomic mass is 16.5. The van der Waals surface area contributed by atoms with E-state index in [2.05, 4.69) is 20.7 Å². The van der Waals surface area contributed by atoms with Crippen LogP contribution in [0.1, 0.15) is 16.1 Å². The van der Waals surface area contributed by atoms with E-state index in [-0.39, 0.29) is 5.69 Å². The van der Waals surface area contributed by atoms with Crippen LogP contribution >= 0.6 is 0 Å². The molecular weight excluding hydrogens is 424 g/mol.